The molecule has 0 radical (unpaired) electrons. The summed E-state index contributed by atoms with van der Waals surface area (Å²) in [4.78, 5) is 4.56. The summed E-state index contributed by atoms with van der Waals surface area (Å²) in [6.07, 6.45) is 3.83. The van der Waals surface area contributed by atoms with E-state index in [2.05, 4.69) is 4.98 Å². The van der Waals surface area contributed by atoms with E-state index < -0.39 is 0 Å². The zero-order valence-electron chi connectivity index (χ0n) is 13.6. The first-order valence-electron chi connectivity index (χ1n) is 7.79. The average Bonchev–Trinajstić information content (AvgIpc) is 3.00. The van der Waals surface area contributed by atoms with Crippen molar-refractivity contribution in [3.05, 3.63) is 83.9 Å². The Labute approximate surface area is 155 Å². The van der Waals surface area contributed by atoms with Gasteiger partial charge in [-0.1, -0.05) is 18.2 Å². The van der Waals surface area contributed by atoms with Gasteiger partial charge in [0.15, 0.2) is 24.5 Å². The summed E-state index contributed by atoms with van der Waals surface area (Å²) < 4.78 is 21.6. The first kappa shape index (κ1) is 17.3. The van der Waals surface area contributed by atoms with Crippen LogP contribution in [0.5, 0.6) is 0 Å². The molecule has 0 atom stereocenters. The van der Waals surface area contributed by atoms with Gasteiger partial charge in [0, 0.05) is 6.07 Å². The lowest BCUT2D eigenvalue weighted by Crippen LogP contribution is -3.00. The van der Waals surface area contributed by atoms with E-state index in [4.69, 9.17) is 4.42 Å². The molecule has 0 N–H and O–H groups in total. The maximum atomic E-state index is 13.8. The molecule has 0 saturated carbocycles. The van der Waals surface area contributed by atoms with Crippen LogP contribution in [0.1, 0.15) is 11.1 Å². The highest BCUT2D eigenvalue weighted by Crippen LogP contribution is 2.23. The number of hydrogen-bond acceptors (Lipinski definition) is 2. The van der Waals surface area contributed by atoms with Gasteiger partial charge in [-0.05, 0) is 42.8 Å². The molecule has 5 heteroatoms. The second-order valence-electron chi connectivity index (χ2n) is 5.85. The Morgan fingerprint density at radius 1 is 1.08 bits per heavy atom. The van der Waals surface area contributed by atoms with Crippen molar-refractivity contribution in [1.29, 1.82) is 0 Å². The number of halogens is 2. The summed E-state index contributed by atoms with van der Waals surface area (Å²) in [6, 6.07) is 16.6. The first-order chi connectivity index (χ1) is 11.7. The smallest absolute Gasteiger partial charge is 0.233 e. The molecule has 126 valence electrons. The Kier molecular flexibility index (Phi) is 4.95. The van der Waals surface area contributed by atoms with Gasteiger partial charge in [-0.15, -0.1) is 0 Å². The van der Waals surface area contributed by atoms with E-state index in [1.807, 2.05) is 60.3 Å². The van der Waals surface area contributed by atoms with Gasteiger partial charge < -0.3 is 21.4 Å². The van der Waals surface area contributed by atoms with E-state index in [9.17, 15) is 4.39 Å². The summed E-state index contributed by atoms with van der Waals surface area (Å²) in [6.45, 7) is 2.48. The third kappa shape index (κ3) is 3.61. The molecule has 3 nitrogen and oxygen atoms in total. The van der Waals surface area contributed by atoms with Crippen molar-refractivity contribution in [3.63, 3.8) is 0 Å². The van der Waals surface area contributed by atoms with Crippen molar-refractivity contribution in [3.8, 4) is 11.5 Å². The molecule has 0 aliphatic carbocycles. The Morgan fingerprint density at radius 3 is 2.76 bits per heavy atom. The Morgan fingerprint density at radius 2 is 1.92 bits per heavy atom. The number of aromatic nitrogens is 2. The summed E-state index contributed by atoms with van der Waals surface area (Å²) in [5, 5.41) is 0. The predicted octanol–water partition coefficient (Wildman–Crippen LogP) is 1.28. The van der Waals surface area contributed by atoms with Crippen LogP contribution in [-0.4, -0.2) is 4.98 Å². The van der Waals surface area contributed by atoms with Crippen molar-refractivity contribution in [2.45, 2.75) is 13.5 Å². The van der Waals surface area contributed by atoms with Crippen LogP contribution in [0.4, 0.5) is 4.39 Å². The molecule has 0 bridgehead atoms. The first-order valence-corrected chi connectivity index (χ1v) is 7.79. The molecule has 0 aliphatic rings. The summed E-state index contributed by atoms with van der Waals surface area (Å²) in [5.74, 6) is 0.367. The van der Waals surface area contributed by atoms with E-state index in [0.717, 1.165) is 22.2 Å². The van der Waals surface area contributed by atoms with Crippen LogP contribution in [0.25, 0.3) is 22.6 Å². The van der Waals surface area contributed by atoms with E-state index >= 15 is 0 Å². The highest BCUT2D eigenvalue weighted by molar-refractivity contribution is 5.76. The minimum Gasteiger partial charge on any atom is -1.00 e. The van der Waals surface area contributed by atoms with Crippen LogP contribution in [0, 0.1) is 12.7 Å². The predicted molar refractivity (Wildman–Crippen MR) is 89.9 cm³/mol. The second-order valence-corrected chi connectivity index (χ2v) is 5.85. The average molecular weight is 399 g/mol. The van der Waals surface area contributed by atoms with Crippen molar-refractivity contribution in [2.75, 3.05) is 0 Å². The van der Waals surface area contributed by atoms with E-state index in [-0.39, 0.29) is 22.8 Å². The van der Waals surface area contributed by atoms with Gasteiger partial charge in [0.25, 0.3) is 0 Å². The lowest BCUT2D eigenvalue weighted by atomic mass is 10.2. The van der Waals surface area contributed by atoms with Gasteiger partial charge in [-0.25, -0.2) is 9.37 Å². The van der Waals surface area contributed by atoms with Crippen molar-refractivity contribution in [1.82, 2.24) is 4.98 Å². The molecule has 0 fully saturated rings. The lowest BCUT2D eigenvalue weighted by molar-refractivity contribution is -0.688. The number of pyridine rings is 1. The normalized spacial score (nSPS) is 10.6. The van der Waals surface area contributed by atoms with Crippen molar-refractivity contribution >= 4 is 11.1 Å². The molecular formula is C20H16BrFN2O. The monoisotopic (exact) mass is 398 g/mol. The number of hydrogen-bond donors (Lipinski definition) is 0. The Balaban J connectivity index is 0.00000182. The maximum absolute atomic E-state index is 13.8. The summed E-state index contributed by atoms with van der Waals surface area (Å²) in [5.41, 5.74) is 4.26. The standard InChI is InChI=1S/C20H16FN2O.BrH/c1-14-8-9-19-18(11-14)22-20(24-19)16-6-4-10-23(13-16)12-15-5-2-3-7-17(15)21;/h2-11,13H,12H2,1H3;1H/q+1;/p-1. The fourth-order valence-electron chi connectivity index (χ4n) is 2.73. The molecule has 2 heterocycles. The molecule has 0 saturated heterocycles. The van der Waals surface area contributed by atoms with Gasteiger partial charge in [-0.2, -0.15) is 4.57 Å². The van der Waals surface area contributed by atoms with E-state index in [1.54, 1.807) is 12.1 Å². The molecule has 2 aromatic carbocycles. The molecule has 0 amide bonds. The van der Waals surface area contributed by atoms with Crippen LogP contribution in [0.15, 0.2) is 71.4 Å². The maximum Gasteiger partial charge on any atom is 0.233 e. The van der Waals surface area contributed by atoms with Gasteiger partial charge in [0.2, 0.25) is 5.89 Å². The van der Waals surface area contributed by atoms with Gasteiger partial charge in [0.1, 0.15) is 16.9 Å². The minimum atomic E-state index is -0.201. The third-order valence-corrected chi connectivity index (χ3v) is 3.96. The molecule has 4 aromatic rings. The van der Waals surface area contributed by atoms with Crippen LogP contribution < -0.4 is 21.5 Å². The summed E-state index contributed by atoms with van der Waals surface area (Å²) in [7, 11) is 0. The molecule has 0 unspecified atom stereocenters. The molecule has 2 aromatic heterocycles. The minimum absolute atomic E-state index is 0. The zero-order chi connectivity index (χ0) is 16.5. The fourth-order valence-corrected chi connectivity index (χ4v) is 2.73. The quantitative estimate of drug-likeness (QED) is 0.486. The molecule has 0 aliphatic heterocycles. The fraction of sp³-hybridized carbons (Fsp3) is 0.100. The number of nitrogens with zero attached hydrogens (tertiary/aromatic N) is 2. The van der Waals surface area contributed by atoms with Crippen molar-refractivity contribution in [2.24, 2.45) is 0 Å². The lowest BCUT2D eigenvalue weighted by Gasteiger charge is -2.00. The topological polar surface area (TPSA) is 29.9 Å². The van der Waals surface area contributed by atoms with Crippen LogP contribution >= 0.6 is 0 Å². The SMILES string of the molecule is Cc1ccc2oc(-c3ccc[n+](Cc4ccccc4F)c3)nc2c1.[Br-]. The van der Waals surface area contributed by atoms with Gasteiger partial charge in [0.05, 0.1) is 5.56 Å². The Bertz CT molecular complexity index is 1030. The highest BCUT2D eigenvalue weighted by atomic mass is 79.9. The van der Waals surface area contributed by atoms with Crippen molar-refractivity contribution < 1.29 is 30.4 Å². The van der Waals surface area contributed by atoms with Crippen LogP contribution in [0.2, 0.25) is 0 Å². The number of aryl methyl sites for hydroxylation is 1. The summed E-state index contributed by atoms with van der Waals surface area (Å²) >= 11 is 0. The third-order valence-electron chi connectivity index (χ3n) is 3.96. The largest absolute Gasteiger partial charge is 1.00 e. The number of benzene rings is 2. The zero-order valence-corrected chi connectivity index (χ0v) is 15.2. The highest BCUT2D eigenvalue weighted by Gasteiger charge is 2.13. The van der Waals surface area contributed by atoms with E-state index in [1.165, 1.54) is 6.07 Å². The molecule has 25 heavy (non-hydrogen) atoms. The number of oxazole rings is 1. The van der Waals surface area contributed by atoms with Crippen LogP contribution in [0.3, 0.4) is 0 Å². The Hall–Kier alpha value is -2.53. The molecule has 4 rings (SSSR count). The number of fused-ring (bicyclic) bond motifs is 1. The molecular weight excluding hydrogens is 383 g/mol. The van der Waals surface area contributed by atoms with Gasteiger partial charge in [-0.3, -0.25) is 0 Å². The van der Waals surface area contributed by atoms with Crippen LogP contribution in [-0.2, 0) is 6.54 Å². The molecule has 0 spiro atoms. The van der Waals surface area contributed by atoms with Gasteiger partial charge >= 0.3 is 0 Å². The van der Waals surface area contributed by atoms with E-state index in [0.29, 0.717) is 18.0 Å². The second kappa shape index (κ2) is 7.15. The number of rotatable bonds is 3.